The van der Waals surface area contributed by atoms with Crippen molar-refractivity contribution in [3.8, 4) is 0 Å². The third-order valence-electron chi connectivity index (χ3n) is 3.34. The number of hydrogen-bond donors (Lipinski definition) is 1. The molecule has 2 aromatic heterocycles. The number of pyridine rings is 1. The van der Waals surface area contributed by atoms with Crippen LogP contribution < -0.4 is 5.32 Å². The van der Waals surface area contributed by atoms with Crippen molar-refractivity contribution in [2.45, 2.75) is 26.4 Å². The molecule has 0 aliphatic carbocycles. The van der Waals surface area contributed by atoms with Crippen LogP contribution in [0.5, 0.6) is 0 Å². The number of oxazole rings is 1. The van der Waals surface area contributed by atoms with E-state index in [1.807, 2.05) is 31.2 Å². The van der Waals surface area contributed by atoms with E-state index in [0.29, 0.717) is 19.0 Å². The molecule has 0 aliphatic heterocycles. The van der Waals surface area contributed by atoms with Crippen LogP contribution in [0.25, 0.3) is 10.9 Å². The summed E-state index contributed by atoms with van der Waals surface area (Å²) in [7, 11) is 0. The Balaban J connectivity index is 1.72. The fourth-order valence-corrected chi connectivity index (χ4v) is 2.45. The maximum atomic E-state index is 6.19. The predicted molar refractivity (Wildman–Crippen MR) is 83.2 cm³/mol. The molecule has 0 saturated heterocycles. The maximum absolute atomic E-state index is 6.19. The molecular formula is C16H16ClN3O. The Morgan fingerprint density at radius 2 is 2.10 bits per heavy atom. The first-order valence-electron chi connectivity index (χ1n) is 6.94. The smallest absolute Gasteiger partial charge is 0.208 e. The number of hydrogen-bond acceptors (Lipinski definition) is 4. The Hall–Kier alpha value is -1.91. The summed E-state index contributed by atoms with van der Waals surface area (Å²) in [6.07, 6.45) is 4.42. The minimum atomic E-state index is 0.594. The van der Waals surface area contributed by atoms with Gasteiger partial charge in [-0.25, -0.2) is 4.98 Å². The van der Waals surface area contributed by atoms with Gasteiger partial charge in [0.1, 0.15) is 5.76 Å². The molecule has 108 valence electrons. The van der Waals surface area contributed by atoms with Gasteiger partial charge < -0.3 is 9.73 Å². The number of benzene rings is 1. The van der Waals surface area contributed by atoms with Crippen LogP contribution >= 0.6 is 11.6 Å². The summed E-state index contributed by atoms with van der Waals surface area (Å²) in [5.41, 5.74) is 2.04. The lowest BCUT2D eigenvalue weighted by Gasteiger charge is -2.07. The molecule has 1 aromatic carbocycles. The van der Waals surface area contributed by atoms with Crippen molar-refractivity contribution < 1.29 is 4.42 Å². The van der Waals surface area contributed by atoms with Crippen LogP contribution in [0.1, 0.15) is 24.1 Å². The highest BCUT2D eigenvalue weighted by molar-refractivity contribution is 6.35. The highest BCUT2D eigenvalue weighted by Crippen LogP contribution is 2.24. The third-order valence-corrected chi connectivity index (χ3v) is 3.67. The number of nitrogens with one attached hydrogen (secondary N) is 1. The Bertz CT molecular complexity index is 754. The van der Waals surface area contributed by atoms with E-state index in [0.717, 1.165) is 33.7 Å². The van der Waals surface area contributed by atoms with Gasteiger partial charge in [-0.15, -0.1) is 0 Å². The van der Waals surface area contributed by atoms with Crippen LogP contribution in [-0.2, 0) is 19.5 Å². The zero-order chi connectivity index (χ0) is 14.7. The van der Waals surface area contributed by atoms with Gasteiger partial charge in [0.05, 0.1) is 18.3 Å². The van der Waals surface area contributed by atoms with Gasteiger partial charge in [-0.2, -0.15) is 0 Å². The second kappa shape index (κ2) is 6.24. The standard InChI is InChI=1S/C16H16ClN3O/c1-2-12-9-20-15(21-12)10-18-8-11-5-6-14(17)13-4-3-7-19-16(11)13/h3-7,9,18H,2,8,10H2,1H3. The number of aryl methyl sites for hydroxylation is 1. The molecule has 0 unspecified atom stereocenters. The fraction of sp³-hybridized carbons (Fsp3) is 0.250. The van der Waals surface area contributed by atoms with E-state index in [4.69, 9.17) is 16.0 Å². The molecule has 0 radical (unpaired) electrons. The molecule has 0 bridgehead atoms. The summed E-state index contributed by atoms with van der Waals surface area (Å²) in [5, 5.41) is 5.03. The highest BCUT2D eigenvalue weighted by Gasteiger charge is 2.06. The summed E-state index contributed by atoms with van der Waals surface area (Å²) >= 11 is 6.19. The van der Waals surface area contributed by atoms with Crippen LogP contribution in [-0.4, -0.2) is 9.97 Å². The van der Waals surface area contributed by atoms with Crippen molar-refractivity contribution in [1.82, 2.24) is 15.3 Å². The minimum Gasteiger partial charge on any atom is -0.444 e. The lowest BCUT2D eigenvalue weighted by Crippen LogP contribution is -2.13. The molecule has 1 N–H and O–H groups in total. The van der Waals surface area contributed by atoms with Crippen LogP contribution in [0.15, 0.2) is 41.1 Å². The van der Waals surface area contributed by atoms with Gasteiger partial charge in [-0.05, 0) is 23.8 Å². The van der Waals surface area contributed by atoms with Crippen molar-refractivity contribution in [2.24, 2.45) is 0 Å². The molecule has 3 rings (SSSR count). The second-order valence-electron chi connectivity index (χ2n) is 4.78. The molecule has 0 amide bonds. The number of fused-ring (bicyclic) bond motifs is 1. The Morgan fingerprint density at radius 1 is 1.19 bits per heavy atom. The summed E-state index contributed by atoms with van der Waals surface area (Å²) in [5.74, 6) is 1.61. The van der Waals surface area contributed by atoms with E-state index in [1.54, 1.807) is 12.4 Å². The normalized spacial score (nSPS) is 11.1. The molecule has 5 heteroatoms. The van der Waals surface area contributed by atoms with E-state index in [2.05, 4.69) is 15.3 Å². The molecule has 3 aromatic rings. The van der Waals surface area contributed by atoms with Gasteiger partial charge in [-0.1, -0.05) is 24.6 Å². The zero-order valence-electron chi connectivity index (χ0n) is 11.8. The fourth-order valence-electron chi connectivity index (χ4n) is 2.24. The van der Waals surface area contributed by atoms with Crippen molar-refractivity contribution >= 4 is 22.5 Å². The Labute approximate surface area is 128 Å². The number of halogens is 1. The molecule has 0 atom stereocenters. The average molecular weight is 302 g/mol. The summed E-state index contributed by atoms with van der Waals surface area (Å²) < 4.78 is 5.57. The predicted octanol–water partition coefficient (Wildman–Crippen LogP) is 3.73. The van der Waals surface area contributed by atoms with E-state index >= 15 is 0 Å². The topological polar surface area (TPSA) is 51.0 Å². The molecule has 0 aliphatic rings. The highest BCUT2D eigenvalue weighted by atomic mass is 35.5. The molecule has 21 heavy (non-hydrogen) atoms. The average Bonchev–Trinajstić information content (AvgIpc) is 2.98. The van der Waals surface area contributed by atoms with E-state index in [9.17, 15) is 0 Å². The molecular weight excluding hydrogens is 286 g/mol. The van der Waals surface area contributed by atoms with Crippen molar-refractivity contribution in [1.29, 1.82) is 0 Å². The van der Waals surface area contributed by atoms with Crippen molar-refractivity contribution in [3.63, 3.8) is 0 Å². The molecule has 4 nitrogen and oxygen atoms in total. The van der Waals surface area contributed by atoms with Gasteiger partial charge in [0.25, 0.3) is 0 Å². The zero-order valence-corrected chi connectivity index (χ0v) is 12.5. The van der Waals surface area contributed by atoms with Crippen LogP contribution in [0, 0.1) is 0 Å². The van der Waals surface area contributed by atoms with Crippen LogP contribution in [0.2, 0.25) is 5.02 Å². The number of nitrogens with zero attached hydrogens (tertiary/aromatic N) is 2. The second-order valence-corrected chi connectivity index (χ2v) is 5.19. The van der Waals surface area contributed by atoms with E-state index < -0.39 is 0 Å². The molecule has 0 fully saturated rings. The van der Waals surface area contributed by atoms with Gasteiger partial charge in [0.2, 0.25) is 5.89 Å². The minimum absolute atomic E-state index is 0.594. The maximum Gasteiger partial charge on any atom is 0.208 e. The lowest BCUT2D eigenvalue weighted by atomic mass is 10.1. The number of rotatable bonds is 5. The first-order valence-corrected chi connectivity index (χ1v) is 7.32. The molecule has 0 saturated carbocycles. The Morgan fingerprint density at radius 3 is 2.90 bits per heavy atom. The SMILES string of the molecule is CCc1cnc(CNCc2ccc(Cl)c3cccnc23)o1. The van der Waals surface area contributed by atoms with Gasteiger partial charge in [-0.3, -0.25) is 4.98 Å². The molecule has 0 spiro atoms. The van der Waals surface area contributed by atoms with Gasteiger partial charge in [0, 0.05) is 29.6 Å². The summed E-state index contributed by atoms with van der Waals surface area (Å²) in [4.78, 5) is 8.65. The monoisotopic (exact) mass is 301 g/mol. The third kappa shape index (κ3) is 3.06. The van der Waals surface area contributed by atoms with Gasteiger partial charge in [0.15, 0.2) is 0 Å². The van der Waals surface area contributed by atoms with E-state index in [-0.39, 0.29) is 0 Å². The first kappa shape index (κ1) is 14.0. The van der Waals surface area contributed by atoms with Crippen molar-refractivity contribution in [3.05, 3.63) is 58.9 Å². The number of aromatic nitrogens is 2. The van der Waals surface area contributed by atoms with Gasteiger partial charge >= 0.3 is 0 Å². The Kier molecular flexibility index (Phi) is 4.18. The van der Waals surface area contributed by atoms with E-state index in [1.165, 1.54) is 0 Å². The summed E-state index contributed by atoms with van der Waals surface area (Å²) in [6, 6.07) is 7.78. The van der Waals surface area contributed by atoms with Crippen LogP contribution in [0.4, 0.5) is 0 Å². The lowest BCUT2D eigenvalue weighted by molar-refractivity contribution is 0.439. The quantitative estimate of drug-likeness (QED) is 0.780. The summed E-state index contributed by atoms with van der Waals surface area (Å²) in [6.45, 7) is 3.33. The largest absolute Gasteiger partial charge is 0.444 e. The first-order chi connectivity index (χ1) is 10.3. The molecule has 2 heterocycles. The van der Waals surface area contributed by atoms with Crippen molar-refractivity contribution in [2.75, 3.05) is 0 Å². The van der Waals surface area contributed by atoms with Crippen LogP contribution in [0.3, 0.4) is 0 Å².